The first kappa shape index (κ1) is 7.62. The fourth-order valence-electron chi connectivity index (χ4n) is 0.963. The van der Waals surface area contributed by atoms with Crippen LogP contribution in [0.2, 0.25) is 5.02 Å². The molecular formula is C9H10Cl. The van der Waals surface area contributed by atoms with E-state index >= 15 is 0 Å². The smallest absolute Gasteiger partial charge is 0.0408 e. The fraction of sp³-hybridized carbons (Fsp3) is 0.222. The summed E-state index contributed by atoms with van der Waals surface area (Å²) in [5.74, 6) is 0. The van der Waals surface area contributed by atoms with E-state index in [9.17, 15) is 0 Å². The summed E-state index contributed by atoms with van der Waals surface area (Å²) in [7, 11) is 0. The van der Waals surface area contributed by atoms with Gasteiger partial charge in [0.1, 0.15) is 0 Å². The lowest BCUT2D eigenvalue weighted by Crippen LogP contribution is -1.82. The van der Waals surface area contributed by atoms with Crippen molar-refractivity contribution in [3.05, 3.63) is 40.8 Å². The number of benzene rings is 1. The SMILES string of the molecule is C[CH]c1ccc(Cl)cc1C. The van der Waals surface area contributed by atoms with Crippen molar-refractivity contribution in [3.8, 4) is 0 Å². The summed E-state index contributed by atoms with van der Waals surface area (Å²) in [5, 5.41) is 0.808. The quantitative estimate of drug-likeness (QED) is 0.581. The summed E-state index contributed by atoms with van der Waals surface area (Å²) in [6.45, 7) is 4.08. The Morgan fingerprint density at radius 2 is 2.10 bits per heavy atom. The molecule has 0 amide bonds. The highest BCUT2D eigenvalue weighted by Crippen LogP contribution is 2.15. The Bertz CT molecular complexity index is 228. The number of rotatable bonds is 1. The summed E-state index contributed by atoms with van der Waals surface area (Å²) in [6, 6.07) is 5.90. The number of halogens is 1. The van der Waals surface area contributed by atoms with Gasteiger partial charge in [-0.15, -0.1) is 0 Å². The van der Waals surface area contributed by atoms with Crippen LogP contribution in [-0.2, 0) is 0 Å². The maximum absolute atomic E-state index is 5.76. The summed E-state index contributed by atoms with van der Waals surface area (Å²) >= 11 is 5.76. The van der Waals surface area contributed by atoms with Gasteiger partial charge in [0.2, 0.25) is 0 Å². The predicted octanol–water partition coefficient (Wildman–Crippen LogP) is 3.22. The molecule has 0 aliphatic heterocycles. The Labute approximate surface area is 66.8 Å². The van der Waals surface area contributed by atoms with Crippen LogP contribution < -0.4 is 0 Å². The average Bonchev–Trinajstić information content (AvgIpc) is 1.88. The van der Waals surface area contributed by atoms with Crippen LogP contribution in [0, 0.1) is 13.3 Å². The molecule has 1 aromatic carbocycles. The molecule has 53 valence electrons. The van der Waals surface area contributed by atoms with E-state index < -0.39 is 0 Å². The molecule has 0 fully saturated rings. The summed E-state index contributed by atoms with van der Waals surface area (Å²) in [6.07, 6.45) is 2.08. The van der Waals surface area contributed by atoms with Crippen LogP contribution in [0.4, 0.5) is 0 Å². The third kappa shape index (κ3) is 1.51. The van der Waals surface area contributed by atoms with E-state index in [2.05, 4.69) is 13.3 Å². The van der Waals surface area contributed by atoms with Gasteiger partial charge in [0, 0.05) is 5.02 Å². The molecule has 0 bridgehead atoms. The van der Waals surface area contributed by atoms with E-state index in [0.717, 1.165) is 5.02 Å². The minimum atomic E-state index is 0.808. The average molecular weight is 154 g/mol. The van der Waals surface area contributed by atoms with Gasteiger partial charge in [0.05, 0.1) is 0 Å². The lowest BCUT2D eigenvalue weighted by atomic mass is 10.1. The summed E-state index contributed by atoms with van der Waals surface area (Å²) < 4.78 is 0. The van der Waals surface area contributed by atoms with Crippen LogP contribution >= 0.6 is 11.6 Å². The van der Waals surface area contributed by atoms with Gasteiger partial charge < -0.3 is 0 Å². The molecule has 0 aliphatic carbocycles. The van der Waals surface area contributed by atoms with Gasteiger partial charge in [0.15, 0.2) is 0 Å². The third-order valence-corrected chi connectivity index (χ3v) is 1.78. The minimum Gasteiger partial charge on any atom is -0.0843 e. The Hall–Kier alpha value is -0.490. The van der Waals surface area contributed by atoms with Crippen molar-refractivity contribution in [3.63, 3.8) is 0 Å². The highest BCUT2D eigenvalue weighted by Gasteiger charge is 1.94. The zero-order valence-electron chi connectivity index (χ0n) is 6.19. The second-order valence-electron chi connectivity index (χ2n) is 2.29. The molecule has 0 saturated heterocycles. The summed E-state index contributed by atoms with van der Waals surface area (Å²) in [4.78, 5) is 0. The summed E-state index contributed by atoms with van der Waals surface area (Å²) in [5.41, 5.74) is 2.49. The molecule has 1 radical (unpaired) electrons. The Morgan fingerprint density at radius 1 is 1.40 bits per heavy atom. The van der Waals surface area contributed by atoms with Crippen LogP contribution in [0.25, 0.3) is 0 Å². The van der Waals surface area contributed by atoms with Gasteiger partial charge in [-0.1, -0.05) is 24.6 Å². The first-order valence-electron chi connectivity index (χ1n) is 3.29. The van der Waals surface area contributed by atoms with Crippen molar-refractivity contribution < 1.29 is 0 Å². The van der Waals surface area contributed by atoms with Gasteiger partial charge in [-0.05, 0) is 36.6 Å². The molecule has 0 saturated carbocycles. The van der Waals surface area contributed by atoms with Gasteiger partial charge in [-0.25, -0.2) is 0 Å². The van der Waals surface area contributed by atoms with Crippen molar-refractivity contribution in [2.75, 3.05) is 0 Å². The molecule has 0 nitrogen and oxygen atoms in total. The molecule has 0 aromatic heterocycles. The zero-order chi connectivity index (χ0) is 7.56. The van der Waals surface area contributed by atoms with E-state index in [4.69, 9.17) is 11.6 Å². The Kier molecular flexibility index (Phi) is 2.34. The Balaban J connectivity index is 3.07. The van der Waals surface area contributed by atoms with Crippen LogP contribution in [0.1, 0.15) is 18.1 Å². The van der Waals surface area contributed by atoms with Crippen molar-refractivity contribution in [1.29, 1.82) is 0 Å². The molecule has 0 spiro atoms. The second-order valence-corrected chi connectivity index (χ2v) is 2.73. The van der Waals surface area contributed by atoms with Crippen LogP contribution in [0.15, 0.2) is 18.2 Å². The first-order chi connectivity index (χ1) is 4.74. The van der Waals surface area contributed by atoms with Crippen LogP contribution in [0.3, 0.4) is 0 Å². The van der Waals surface area contributed by atoms with Gasteiger partial charge >= 0.3 is 0 Å². The highest BCUT2D eigenvalue weighted by molar-refractivity contribution is 6.30. The van der Waals surface area contributed by atoms with Gasteiger partial charge in [-0.3, -0.25) is 0 Å². The first-order valence-corrected chi connectivity index (χ1v) is 3.67. The molecule has 1 aromatic rings. The molecule has 10 heavy (non-hydrogen) atoms. The van der Waals surface area contributed by atoms with Crippen molar-refractivity contribution >= 4 is 11.6 Å². The van der Waals surface area contributed by atoms with Crippen molar-refractivity contribution in [2.45, 2.75) is 13.8 Å². The lowest BCUT2D eigenvalue weighted by molar-refractivity contribution is 1.33. The minimum absolute atomic E-state index is 0.808. The molecule has 0 unspecified atom stereocenters. The van der Waals surface area contributed by atoms with Crippen molar-refractivity contribution in [1.82, 2.24) is 0 Å². The monoisotopic (exact) mass is 153 g/mol. The maximum Gasteiger partial charge on any atom is 0.0408 e. The third-order valence-electron chi connectivity index (χ3n) is 1.54. The standard InChI is InChI=1S/C9H10Cl/c1-3-8-4-5-9(10)6-7(8)2/h3-6H,1-2H3. The normalized spacial score (nSPS) is 9.90. The zero-order valence-corrected chi connectivity index (χ0v) is 6.94. The maximum atomic E-state index is 5.76. The molecule has 0 atom stereocenters. The fourth-order valence-corrected chi connectivity index (χ4v) is 1.19. The topological polar surface area (TPSA) is 0 Å². The molecule has 0 heterocycles. The molecule has 0 aliphatic rings. The van der Waals surface area contributed by atoms with E-state index in [1.54, 1.807) is 0 Å². The predicted molar refractivity (Wildman–Crippen MR) is 45.3 cm³/mol. The van der Waals surface area contributed by atoms with Crippen LogP contribution in [-0.4, -0.2) is 0 Å². The molecule has 1 rings (SSSR count). The second kappa shape index (κ2) is 3.07. The number of hydrogen-bond acceptors (Lipinski definition) is 0. The van der Waals surface area contributed by atoms with E-state index in [1.165, 1.54) is 11.1 Å². The molecular weight excluding hydrogens is 144 g/mol. The van der Waals surface area contributed by atoms with E-state index in [1.807, 2.05) is 25.1 Å². The Morgan fingerprint density at radius 3 is 2.60 bits per heavy atom. The highest BCUT2D eigenvalue weighted by atomic mass is 35.5. The van der Waals surface area contributed by atoms with Crippen molar-refractivity contribution in [2.24, 2.45) is 0 Å². The number of aryl methyl sites for hydroxylation is 1. The van der Waals surface area contributed by atoms with Crippen LogP contribution in [0.5, 0.6) is 0 Å². The lowest BCUT2D eigenvalue weighted by Gasteiger charge is -2.00. The van der Waals surface area contributed by atoms with E-state index in [0.29, 0.717) is 0 Å². The molecule has 1 heteroatoms. The van der Waals surface area contributed by atoms with E-state index in [-0.39, 0.29) is 0 Å². The largest absolute Gasteiger partial charge is 0.0843 e. The number of hydrogen-bond donors (Lipinski definition) is 0. The molecule has 0 N–H and O–H groups in total. The van der Waals surface area contributed by atoms with Gasteiger partial charge in [-0.2, -0.15) is 0 Å². The van der Waals surface area contributed by atoms with Gasteiger partial charge in [0.25, 0.3) is 0 Å².